The molecule has 0 saturated carbocycles. The molecule has 1 aromatic heterocycles. The van der Waals surface area contributed by atoms with Crippen LogP contribution in [0.2, 0.25) is 0 Å². The number of hydrogen-bond acceptors (Lipinski definition) is 1. The third kappa shape index (κ3) is 3.78. The maximum atomic E-state index is 9.49. The van der Waals surface area contributed by atoms with Crippen LogP contribution in [0.3, 0.4) is 0 Å². The predicted molar refractivity (Wildman–Crippen MR) is 149 cm³/mol. The van der Waals surface area contributed by atoms with Crippen molar-refractivity contribution in [3.05, 3.63) is 138 Å². The van der Waals surface area contributed by atoms with Gasteiger partial charge in [0.1, 0.15) is 0 Å². The molecule has 170 valence electrons. The van der Waals surface area contributed by atoms with Crippen molar-refractivity contribution in [3.63, 3.8) is 0 Å². The van der Waals surface area contributed by atoms with Crippen molar-refractivity contribution in [1.82, 2.24) is 4.57 Å². The van der Waals surface area contributed by atoms with Gasteiger partial charge in [0.25, 0.3) is 0 Å². The standard InChI is InChI=1S/C33H18N4/c1-35-27-12-14-33-31(20-27)30-15-22(21-34)11-13-32(30)37(33)29-18-26(17-28(19-29)36-2)25-10-6-9-24(16-25)23-7-4-3-5-8-23/h3-20H. The summed E-state index contributed by atoms with van der Waals surface area (Å²) in [7, 11) is 0. The first-order valence-electron chi connectivity index (χ1n) is 11.7. The highest BCUT2D eigenvalue weighted by atomic mass is 15.0. The van der Waals surface area contributed by atoms with E-state index in [4.69, 9.17) is 13.1 Å². The van der Waals surface area contributed by atoms with Crippen LogP contribution in [0.25, 0.3) is 59.4 Å². The minimum absolute atomic E-state index is 0.541. The third-order valence-electron chi connectivity index (χ3n) is 6.60. The quantitative estimate of drug-likeness (QED) is 0.238. The molecule has 6 rings (SSSR count). The first-order chi connectivity index (χ1) is 18.2. The molecule has 4 heteroatoms. The van der Waals surface area contributed by atoms with Crippen LogP contribution in [-0.2, 0) is 0 Å². The van der Waals surface area contributed by atoms with Crippen LogP contribution in [0.15, 0.2) is 109 Å². The molecule has 0 aliphatic carbocycles. The van der Waals surface area contributed by atoms with Gasteiger partial charge in [0.2, 0.25) is 0 Å². The summed E-state index contributed by atoms with van der Waals surface area (Å²) in [5.41, 5.74) is 8.56. The molecule has 0 spiro atoms. The molecule has 5 aromatic carbocycles. The molecule has 0 aliphatic rings. The molecule has 1 heterocycles. The van der Waals surface area contributed by atoms with E-state index in [9.17, 15) is 5.26 Å². The van der Waals surface area contributed by atoms with Gasteiger partial charge < -0.3 is 4.57 Å². The van der Waals surface area contributed by atoms with E-state index in [2.05, 4.69) is 56.7 Å². The fourth-order valence-corrected chi connectivity index (χ4v) is 4.89. The highest BCUT2D eigenvalue weighted by Crippen LogP contribution is 2.38. The fraction of sp³-hybridized carbons (Fsp3) is 0. The van der Waals surface area contributed by atoms with Crippen molar-refractivity contribution in [2.45, 2.75) is 0 Å². The van der Waals surface area contributed by atoms with Gasteiger partial charge in [0.15, 0.2) is 11.4 Å². The van der Waals surface area contributed by atoms with E-state index in [1.165, 1.54) is 0 Å². The summed E-state index contributed by atoms with van der Waals surface area (Å²) in [4.78, 5) is 7.38. The molecule has 0 fully saturated rings. The van der Waals surface area contributed by atoms with Gasteiger partial charge in [-0.2, -0.15) is 5.26 Å². The van der Waals surface area contributed by atoms with Gasteiger partial charge in [-0.1, -0.05) is 54.6 Å². The zero-order chi connectivity index (χ0) is 25.4. The number of benzene rings is 5. The summed E-state index contributed by atoms with van der Waals surface area (Å²) in [6.07, 6.45) is 0. The monoisotopic (exact) mass is 470 g/mol. The Morgan fingerprint density at radius 3 is 1.97 bits per heavy atom. The molecule has 4 nitrogen and oxygen atoms in total. The molecular formula is C33H18N4. The average Bonchev–Trinajstić information content (AvgIpc) is 3.30. The van der Waals surface area contributed by atoms with E-state index in [0.29, 0.717) is 16.9 Å². The summed E-state index contributed by atoms with van der Waals surface area (Å²) in [5.74, 6) is 0. The smallest absolute Gasteiger partial charge is 0.189 e. The van der Waals surface area contributed by atoms with Gasteiger partial charge in [0, 0.05) is 11.1 Å². The SMILES string of the molecule is [C-]#[N+]c1cc(-c2cccc(-c3ccccc3)c2)cc(-n2c3ccc(C#N)cc3c3cc([N+]#[C-])ccc32)c1. The lowest BCUT2D eigenvalue weighted by Crippen LogP contribution is -1.94. The summed E-state index contributed by atoms with van der Waals surface area (Å²) in [5, 5.41) is 11.3. The van der Waals surface area contributed by atoms with Gasteiger partial charge in [-0.15, -0.1) is 0 Å². The van der Waals surface area contributed by atoms with E-state index in [0.717, 1.165) is 49.7 Å². The molecule has 0 atom stereocenters. The summed E-state index contributed by atoms with van der Waals surface area (Å²) in [6.45, 7) is 15.2. The molecule has 0 N–H and O–H groups in total. The van der Waals surface area contributed by atoms with Crippen LogP contribution >= 0.6 is 0 Å². The minimum atomic E-state index is 0.541. The Hall–Kier alpha value is -5.63. The van der Waals surface area contributed by atoms with Crippen LogP contribution in [0.1, 0.15) is 5.56 Å². The number of nitriles is 1. The lowest BCUT2D eigenvalue weighted by atomic mass is 9.98. The molecule has 0 saturated heterocycles. The van der Waals surface area contributed by atoms with E-state index in [1.807, 2.05) is 60.7 Å². The van der Waals surface area contributed by atoms with Gasteiger partial charge in [-0.25, -0.2) is 9.69 Å². The summed E-state index contributed by atoms with van der Waals surface area (Å²) < 4.78 is 2.11. The van der Waals surface area contributed by atoms with Gasteiger partial charge in [-0.05, 0) is 82.2 Å². The highest BCUT2D eigenvalue weighted by Gasteiger charge is 2.15. The van der Waals surface area contributed by atoms with Gasteiger partial charge in [0.05, 0.1) is 35.8 Å². The average molecular weight is 471 g/mol. The van der Waals surface area contributed by atoms with Gasteiger partial charge in [-0.3, -0.25) is 0 Å². The topological polar surface area (TPSA) is 37.4 Å². The number of hydrogen-bond donors (Lipinski definition) is 0. The molecule has 0 aliphatic heterocycles. The lowest BCUT2D eigenvalue weighted by molar-refractivity contribution is 1.18. The molecule has 0 amide bonds. The van der Waals surface area contributed by atoms with Crippen LogP contribution in [0, 0.1) is 24.5 Å². The van der Waals surface area contributed by atoms with E-state index in [1.54, 1.807) is 12.1 Å². The molecule has 0 radical (unpaired) electrons. The van der Waals surface area contributed by atoms with Crippen molar-refractivity contribution in [3.8, 4) is 34.0 Å². The van der Waals surface area contributed by atoms with E-state index in [-0.39, 0.29) is 0 Å². The summed E-state index contributed by atoms with van der Waals surface area (Å²) in [6, 6.07) is 37.9. The Kier molecular flexibility index (Phi) is 5.24. The van der Waals surface area contributed by atoms with Crippen LogP contribution in [-0.4, -0.2) is 4.57 Å². The second kappa shape index (κ2) is 8.86. The van der Waals surface area contributed by atoms with E-state index < -0.39 is 0 Å². The molecule has 0 bridgehead atoms. The highest BCUT2D eigenvalue weighted by molar-refractivity contribution is 6.10. The summed E-state index contributed by atoms with van der Waals surface area (Å²) >= 11 is 0. The lowest BCUT2D eigenvalue weighted by Gasteiger charge is -2.13. The van der Waals surface area contributed by atoms with Crippen LogP contribution in [0.5, 0.6) is 0 Å². The first kappa shape index (κ1) is 21.9. The molecule has 0 unspecified atom stereocenters. The molecule has 6 aromatic rings. The number of nitrogens with zero attached hydrogens (tertiary/aromatic N) is 4. The van der Waals surface area contributed by atoms with Crippen molar-refractivity contribution in [1.29, 1.82) is 5.26 Å². The van der Waals surface area contributed by atoms with Crippen molar-refractivity contribution in [2.24, 2.45) is 0 Å². The maximum Gasteiger partial charge on any atom is 0.189 e. The number of fused-ring (bicyclic) bond motifs is 3. The van der Waals surface area contributed by atoms with Crippen molar-refractivity contribution in [2.75, 3.05) is 0 Å². The predicted octanol–water partition coefficient (Wildman–Crippen LogP) is 9.09. The van der Waals surface area contributed by atoms with Gasteiger partial charge >= 0.3 is 0 Å². The Morgan fingerprint density at radius 2 is 1.24 bits per heavy atom. The zero-order valence-corrected chi connectivity index (χ0v) is 19.7. The Balaban J connectivity index is 1.60. The Bertz CT molecular complexity index is 1890. The molecular weight excluding hydrogens is 452 g/mol. The second-order valence-corrected chi connectivity index (χ2v) is 8.79. The normalized spacial score (nSPS) is 10.6. The maximum absolute atomic E-state index is 9.49. The number of rotatable bonds is 3. The number of aromatic nitrogens is 1. The molecule has 37 heavy (non-hydrogen) atoms. The van der Waals surface area contributed by atoms with Crippen LogP contribution < -0.4 is 0 Å². The Morgan fingerprint density at radius 1 is 0.568 bits per heavy atom. The Labute approximate surface area is 214 Å². The minimum Gasteiger partial charge on any atom is -0.311 e. The fourth-order valence-electron chi connectivity index (χ4n) is 4.89. The van der Waals surface area contributed by atoms with Crippen LogP contribution in [0.4, 0.5) is 11.4 Å². The van der Waals surface area contributed by atoms with Crippen molar-refractivity contribution >= 4 is 33.2 Å². The second-order valence-electron chi connectivity index (χ2n) is 8.79. The largest absolute Gasteiger partial charge is 0.311 e. The third-order valence-corrected chi connectivity index (χ3v) is 6.60. The zero-order valence-electron chi connectivity index (χ0n) is 19.7. The van der Waals surface area contributed by atoms with E-state index >= 15 is 0 Å². The van der Waals surface area contributed by atoms with Crippen molar-refractivity contribution < 1.29 is 0 Å². The first-order valence-corrected chi connectivity index (χ1v) is 11.7.